The van der Waals surface area contributed by atoms with E-state index < -0.39 is 0 Å². The molecule has 3 aromatic rings. The topological polar surface area (TPSA) is 17.3 Å². The summed E-state index contributed by atoms with van der Waals surface area (Å²) in [6.45, 7) is 10.9. The van der Waals surface area contributed by atoms with E-state index in [1.807, 2.05) is 6.21 Å². The van der Waals surface area contributed by atoms with Gasteiger partial charge in [-0.2, -0.15) is 0 Å². The SMILES string of the molecule is CCc1ccc(-n2c(C)cc(C=Nc3ccc(C(C)C)cc3)c2C)cc1. The van der Waals surface area contributed by atoms with Gasteiger partial charge in [-0.1, -0.05) is 45.0 Å². The molecule has 0 aliphatic rings. The second kappa shape index (κ2) is 7.74. The first-order chi connectivity index (χ1) is 12.5. The molecule has 134 valence electrons. The summed E-state index contributed by atoms with van der Waals surface area (Å²) in [6.07, 6.45) is 3.04. The van der Waals surface area contributed by atoms with E-state index in [-0.39, 0.29) is 0 Å². The van der Waals surface area contributed by atoms with Gasteiger partial charge in [0.2, 0.25) is 0 Å². The Morgan fingerprint density at radius 1 is 0.962 bits per heavy atom. The zero-order valence-electron chi connectivity index (χ0n) is 16.5. The van der Waals surface area contributed by atoms with Crippen LogP contribution in [0.2, 0.25) is 0 Å². The summed E-state index contributed by atoms with van der Waals surface area (Å²) in [4.78, 5) is 4.67. The van der Waals surface area contributed by atoms with E-state index in [9.17, 15) is 0 Å². The molecule has 0 saturated carbocycles. The van der Waals surface area contributed by atoms with E-state index >= 15 is 0 Å². The van der Waals surface area contributed by atoms with Gasteiger partial charge in [-0.05, 0) is 67.6 Å². The molecule has 0 fully saturated rings. The van der Waals surface area contributed by atoms with Gasteiger partial charge in [0.25, 0.3) is 0 Å². The van der Waals surface area contributed by atoms with Crippen LogP contribution in [0.5, 0.6) is 0 Å². The second-order valence-corrected chi connectivity index (χ2v) is 7.19. The average Bonchev–Trinajstić information content (AvgIpc) is 2.94. The van der Waals surface area contributed by atoms with Crippen LogP contribution < -0.4 is 0 Å². The van der Waals surface area contributed by atoms with Crippen molar-refractivity contribution in [2.75, 3.05) is 0 Å². The number of hydrogen-bond acceptors (Lipinski definition) is 1. The van der Waals surface area contributed by atoms with Crippen molar-refractivity contribution < 1.29 is 0 Å². The zero-order valence-corrected chi connectivity index (χ0v) is 16.5. The highest BCUT2D eigenvalue weighted by Gasteiger charge is 2.09. The highest BCUT2D eigenvalue weighted by molar-refractivity contribution is 5.84. The minimum absolute atomic E-state index is 0.547. The first-order valence-electron chi connectivity index (χ1n) is 9.42. The van der Waals surface area contributed by atoms with Crippen molar-refractivity contribution >= 4 is 11.9 Å². The molecule has 26 heavy (non-hydrogen) atoms. The monoisotopic (exact) mass is 344 g/mol. The lowest BCUT2D eigenvalue weighted by atomic mass is 10.0. The van der Waals surface area contributed by atoms with Gasteiger partial charge in [-0.3, -0.25) is 4.99 Å². The molecule has 0 spiro atoms. The van der Waals surface area contributed by atoms with Crippen molar-refractivity contribution in [2.45, 2.75) is 47.0 Å². The average molecular weight is 345 g/mol. The number of aryl methyl sites for hydroxylation is 2. The molecule has 0 N–H and O–H groups in total. The Kier molecular flexibility index (Phi) is 5.41. The quantitative estimate of drug-likeness (QED) is 0.468. The number of benzene rings is 2. The largest absolute Gasteiger partial charge is 0.318 e. The third-order valence-electron chi connectivity index (χ3n) is 4.99. The van der Waals surface area contributed by atoms with Gasteiger partial charge in [-0.15, -0.1) is 0 Å². The lowest BCUT2D eigenvalue weighted by Crippen LogP contribution is -1.99. The first-order valence-corrected chi connectivity index (χ1v) is 9.42. The van der Waals surface area contributed by atoms with Crippen molar-refractivity contribution in [2.24, 2.45) is 4.99 Å². The molecule has 1 heterocycles. The molecule has 0 bridgehead atoms. The van der Waals surface area contributed by atoms with Crippen LogP contribution in [0.15, 0.2) is 59.6 Å². The fourth-order valence-corrected chi connectivity index (χ4v) is 3.29. The summed E-state index contributed by atoms with van der Waals surface area (Å²) in [6, 6.07) is 19.5. The summed E-state index contributed by atoms with van der Waals surface area (Å²) in [5.41, 5.74) is 8.51. The smallest absolute Gasteiger partial charge is 0.0630 e. The molecular formula is C24H28N2. The molecule has 0 unspecified atom stereocenters. The molecule has 2 aromatic carbocycles. The van der Waals surface area contributed by atoms with E-state index in [0.717, 1.165) is 17.7 Å². The summed E-state index contributed by atoms with van der Waals surface area (Å²) in [5.74, 6) is 0.547. The van der Waals surface area contributed by atoms with E-state index in [1.165, 1.54) is 28.2 Å². The molecule has 0 atom stereocenters. The van der Waals surface area contributed by atoms with E-state index in [2.05, 4.69) is 98.8 Å². The second-order valence-electron chi connectivity index (χ2n) is 7.19. The van der Waals surface area contributed by atoms with Crippen LogP contribution in [-0.2, 0) is 6.42 Å². The molecule has 3 rings (SSSR count). The highest BCUT2D eigenvalue weighted by atomic mass is 15.0. The van der Waals surface area contributed by atoms with Crippen LogP contribution in [0.1, 0.15) is 54.8 Å². The summed E-state index contributed by atoms with van der Waals surface area (Å²) < 4.78 is 2.29. The Bertz CT molecular complexity index is 895. The minimum atomic E-state index is 0.547. The summed E-state index contributed by atoms with van der Waals surface area (Å²) in [5, 5.41) is 0. The third kappa shape index (κ3) is 3.80. The van der Waals surface area contributed by atoms with Crippen LogP contribution in [0.25, 0.3) is 5.69 Å². The Balaban J connectivity index is 1.87. The Hall–Kier alpha value is -2.61. The number of hydrogen-bond donors (Lipinski definition) is 0. The molecular weight excluding hydrogens is 316 g/mol. The van der Waals surface area contributed by atoms with Crippen LogP contribution in [0, 0.1) is 13.8 Å². The third-order valence-corrected chi connectivity index (χ3v) is 4.99. The molecule has 0 radical (unpaired) electrons. The number of aromatic nitrogens is 1. The summed E-state index contributed by atoms with van der Waals surface area (Å²) >= 11 is 0. The molecule has 0 aliphatic heterocycles. The Morgan fingerprint density at radius 2 is 1.62 bits per heavy atom. The van der Waals surface area contributed by atoms with E-state index in [4.69, 9.17) is 0 Å². The van der Waals surface area contributed by atoms with Gasteiger partial charge in [0.05, 0.1) is 5.69 Å². The van der Waals surface area contributed by atoms with Crippen molar-refractivity contribution in [1.29, 1.82) is 0 Å². The van der Waals surface area contributed by atoms with Gasteiger partial charge in [-0.25, -0.2) is 0 Å². The molecule has 0 aliphatic carbocycles. The fourth-order valence-electron chi connectivity index (χ4n) is 3.29. The van der Waals surface area contributed by atoms with E-state index in [1.54, 1.807) is 0 Å². The van der Waals surface area contributed by atoms with Crippen molar-refractivity contribution in [1.82, 2.24) is 4.57 Å². The lowest BCUT2D eigenvalue weighted by molar-refractivity contribution is 0.867. The highest BCUT2D eigenvalue weighted by Crippen LogP contribution is 2.22. The van der Waals surface area contributed by atoms with E-state index in [0.29, 0.717) is 5.92 Å². The van der Waals surface area contributed by atoms with Crippen LogP contribution >= 0.6 is 0 Å². The predicted molar refractivity (Wildman–Crippen MR) is 112 cm³/mol. The zero-order chi connectivity index (χ0) is 18.7. The number of rotatable bonds is 5. The van der Waals surface area contributed by atoms with Crippen molar-refractivity contribution in [3.63, 3.8) is 0 Å². The van der Waals surface area contributed by atoms with Crippen molar-refractivity contribution in [3.8, 4) is 5.69 Å². The predicted octanol–water partition coefficient (Wildman–Crippen LogP) is 6.53. The van der Waals surface area contributed by atoms with Gasteiger partial charge >= 0.3 is 0 Å². The first kappa shape index (κ1) is 18.2. The number of aliphatic imine (C=N–C) groups is 1. The fraction of sp³-hybridized carbons (Fsp3) is 0.292. The number of nitrogens with zero attached hydrogens (tertiary/aromatic N) is 2. The maximum atomic E-state index is 4.67. The van der Waals surface area contributed by atoms with Crippen LogP contribution in [0.3, 0.4) is 0 Å². The molecule has 1 aromatic heterocycles. The molecule has 0 amide bonds. The standard InChI is InChI=1S/C24H28N2/c1-6-20-7-13-24(14-8-20)26-18(4)15-22(19(26)5)16-25-23-11-9-21(10-12-23)17(2)3/h7-17H,6H2,1-5H3. The Morgan fingerprint density at radius 3 is 2.19 bits per heavy atom. The van der Waals surface area contributed by atoms with Gasteiger partial charge < -0.3 is 4.57 Å². The minimum Gasteiger partial charge on any atom is -0.318 e. The maximum absolute atomic E-state index is 4.67. The van der Waals surface area contributed by atoms with Crippen molar-refractivity contribution in [3.05, 3.63) is 82.7 Å². The van der Waals surface area contributed by atoms with Gasteiger partial charge in [0.1, 0.15) is 0 Å². The Labute approximate surface area is 157 Å². The van der Waals surface area contributed by atoms with Crippen LogP contribution in [0.4, 0.5) is 5.69 Å². The molecule has 0 saturated heterocycles. The van der Waals surface area contributed by atoms with Gasteiger partial charge in [0.15, 0.2) is 0 Å². The lowest BCUT2D eigenvalue weighted by Gasteiger charge is -2.10. The summed E-state index contributed by atoms with van der Waals surface area (Å²) in [7, 11) is 0. The van der Waals surface area contributed by atoms with Crippen LogP contribution in [-0.4, -0.2) is 10.8 Å². The molecule has 2 heteroatoms. The molecule has 2 nitrogen and oxygen atoms in total. The van der Waals surface area contributed by atoms with Gasteiger partial charge in [0, 0.05) is 28.9 Å². The normalized spacial score (nSPS) is 11.6. The maximum Gasteiger partial charge on any atom is 0.0630 e.